The number of carbonyl (C=O) groups is 1. The van der Waals surface area contributed by atoms with E-state index in [1.54, 1.807) is 25.4 Å². The summed E-state index contributed by atoms with van der Waals surface area (Å²) >= 11 is 0. The molecule has 0 atom stereocenters. The van der Waals surface area contributed by atoms with Crippen LogP contribution in [0.2, 0.25) is 0 Å². The molecule has 0 aliphatic rings. The first-order valence-electron chi connectivity index (χ1n) is 6.78. The molecule has 1 heterocycles. The highest BCUT2D eigenvalue weighted by Gasteiger charge is 2.18. The number of nitrogens with zero attached hydrogens (tertiary/aromatic N) is 1. The van der Waals surface area contributed by atoms with Gasteiger partial charge in [-0.25, -0.2) is 5.84 Å². The van der Waals surface area contributed by atoms with E-state index < -0.39 is 0 Å². The van der Waals surface area contributed by atoms with Gasteiger partial charge in [-0.2, -0.15) is 0 Å². The fourth-order valence-corrected chi connectivity index (χ4v) is 2.56. The minimum Gasteiger partial charge on any atom is -0.496 e. The molecule has 3 aromatic rings. The maximum Gasteiger partial charge on any atom is 0.265 e. The zero-order valence-corrected chi connectivity index (χ0v) is 12.0. The number of hydrazine groups is 1. The summed E-state index contributed by atoms with van der Waals surface area (Å²) in [4.78, 5) is 16.5. The summed E-state index contributed by atoms with van der Waals surface area (Å²) in [6, 6.07) is 14.9. The van der Waals surface area contributed by atoms with Gasteiger partial charge in [0.25, 0.3) is 5.91 Å². The lowest BCUT2D eigenvalue weighted by molar-refractivity contribution is 0.0954. The van der Waals surface area contributed by atoms with E-state index in [4.69, 9.17) is 10.6 Å². The third-order valence-electron chi connectivity index (χ3n) is 3.54. The fraction of sp³-hybridized carbons (Fsp3) is 0.0588. The van der Waals surface area contributed by atoms with E-state index in [0.717, 1.165) is 16.5 Å². The number of nitrogens with two attached hydrogens (primary N) is 1. The molecule has 22 heavy (non-hydrogen) atoms. The number of hydrogen-bond acceptors (Lipinski definition) is 4. The Kier molecular flexibility index (Phi) is 3.72. The molecule has 0 aliphatic carbocycles. The summed E-state index contributed by atoms with van der Waals surface area (Å²) < 4.78 is 5.44. The molecular weight excluding hydrogens is 278 g/mol. The van der Waals surface area contributed by atoms with Gasteiger partial charge in [0.05, 0.1) is 18.2 Å². The Morgan fingerprint density at radius 1 is 1.14 bits per heavy atom. The van der Waals surface area contributed by atoms with E-state index in [1.807, 2.05) is 36.4 Å². The molecule has 0 radical (unpaired) electrons. The first kappa shape index (κ1) is 14.0. The maximum absolute atomic E-state index is 12.1. The van der Waals surface area contributed by atoms with Crippen LogP contribution in [0.15, 0.2) is 54.7 Å². The predicted octanol–water partition coefficient (Wildman–Crippen LogP) is 2.51. The molecule has 1 aromatic heterocycles. The maximum atomic E-state index is 12.1. The number of nitrogen functional groups attached to an aromatic ring is 1. The summed E-state index contributed by atoms with van der Waals surface area (Å²) in [5.41, 5.74) is 5.07. The summed E-state index contributed by atoms with van der Waals surface area (Å²) in [6.07, 6.45) is 1.72. The van der Waals surface area contributed by atoms with Crippen molar-refractivity contribution in [3.63, 3.8) is 0 Å². The first-order valence-corrected chi connectivity index (χ1v) is 6.78. The van der Waals surface area contributed by atoms with Crippen molar-refractivity contribution in [3.05, 3.63) is 60.3 Å². The second-order valence-electron chi connectivity index (χ2n) is 4.73. The van der Waals surface area contributed by atoms with Crippen molar-refractivity contribution in [3.8, 4) is 16.9 Å². The fourth-order valence-electron chi connectivity index (χ4n) is 2.56. The van der Waals surface area contributed by atoms with Crippen LogP contribution in [0.25, 0.3) is 22.0 Å². The number of fused-ring (bicyclic) bond motifs is 1. The van der Waals surface area contributed by atoms with Crippen molar-refractivity contribution in [1.82, 2.24) is 10.4 Å². The third-order valence-corrected chi connectivity index (χ3v) is 3.54. The second-order valence-corrected chi connectivity index (χ2v) is 4.73. The van der Waals surface area contributed by atoms with E-state index in [1.165, 1.54) is 0 Å². The molecule has 0 unspecified atom stereocenters. The summed E-state index contributed by atoms with van der Waals surface area (Å²) in [5.74, 6) is 5.55. The lowest BCUT2D eigenvalue weighted by Crippen LogP contribution is -2.30. The van der Waals surface area contributed by atoms with Crippen LogP contribution in [0.5, 0.6) is 5.75 Å². The number of amides is 1. The van der Waals surface area contributed by atoms with Crippen molar-refractivity contribution in [2.24, 2.45) is 5.84 Å². The van der Waals surface area contributed by atoms with Gasteiger partial charge in [-0.15, -0.1) is 0 Å². The van der Waals surface area contributed by atoms with Gasteiger partial charge in [0.2, 0.25) is 0 Å². The molecule has 2 aromatic carbocycles. The highest BCUT2D eigenvalue weighted by atomic mass is 16.5. The van der Waals surface area contributed by atoms with Crippen LogP contribution >= 0.6 is 0 Å². The summed E-state index contributed by atoms with van der Waals surface area (Å²) in [5, 5.41) is 0.945. The Labute approximate surface area is 127 Å². The number of aromatic nitrogens is 1. The Morgan fingerprint density at radius 3 is 2.73 bits per heavy atom. The van der Waals surface area contributed by atoms with Gasteiger partial charge in [0.1, 0.15) is 5.75 Å². The summed E-state index contributed by atoms with van der Waals surface area (Å²) in [7, 11) is 1.58. The van der Waals surface area contributed by atoms with Crippen molar-refractivity contribution < 1.29 is 9.53 Å². The average Bonchev–Trinajstić information content (AvgIpc) is 2.59. The van der Waals surface area contributed by atoms with E-state index >= 15 is 0 Å². The second kappa shape index (κ2) is 5.83. The van der Waals surface area contributed by atoms with Crippen molar-refractivity contribution in [1.29, 1.82) is 0 Å². The van der Waals surface area contributed by atoms with Gasteiger partial charge in [-0.05, 0) is 29.8 Å². The number of pyridine rings is 1. The van der Waals surface area contributed by atoms with Crippen molar-refractivity contribution in [2.45, 2.75) is 0 Å². The van der Waals surface area contributed by atoms with Crippen LogP contribution in [0.1, 0.15) is 10.4 Å². The van der Waals surface area contributed by atoms with Crippen LogP contribution in [0.3, 0.4) is 0 Å². The molecule has 0 saturated heterocycles. The molecule has 0 aliphatic heterocycles. The van der Waals surface area contributed by atoms with Crippen LogP contribution in [-0.2, 0) is 0 Å². The van der Waals surface area contributed by atoms with E-state index in [0.29, 0.717) is 16.9 Å². The molecule has 110 valence electrons. The number of nitrogens with one attached hydrogen (secondary N) is 1. The van der Waals surface area contributed by atoms with E-state index in [9.17, 15) is 4.79 Å². The molecule has 3 rings (SSSR count). The number of para-hydroxylation sites is 1. The van der Waals surface area contributed by atoms with Gasteiger partial charge in [0, 0.05) is 17.1 Å². The number of methoxy groups -OCH3 is 1. The van der Waals surface area contributed by atoms with Gasteiger partial charge in [-0.3, -0.25) is 15.2 Å². The SMILES string of the molecule is COc1cccc(C(=O)NN)c1-c1ccnc2ccccc12. The van der Waals surface area contributed by atoms with Gasteiger partial charge < -0.3 is 4.74 Å². The zero-order valence-electron chi connectivity index (χ0n) is 12.0. The monoisotopic (exact) mass is 293 g/mol. The topological polar surface area (TPSA) is 77.2 Å². The lowest BCUT2D eigenvalue weighted by Gasteiger charge is -2.14. The number of hydrogen-bond donors (Lipinski definition) is 2. The quantitative estimate of drug-likeness (QED) is 0.442. The smallest absolute Gasteiger partial charge is 0.265 e. The van der Waals surface area contributed by atoms with Crippen LogP contribution in [-0.4, -0.2) is 18.0 Å². The molecule has 0 spiro atoms. The number of carbonyl (C=O) groups excluding carboxylic acids is 1. The zero-order chi connectivity index (χ0) is 15.5. The molecule has 5 heteroatoms. The van der Waals surface area contributed by atoms with E-state index in [-0.39, 0.29) is 5.91 Å². The Balaban J connectivity index is 2.37. The Morgan fingerprint density at radius 2 is 1.95 bits per heavy atom. The van der Waals surface area contributed by atoms with Crippen molar-refractivity contribution >= 4 is 16.8 Å². The molecule has 0 bridgehead atoms. The first-order chi connectivity index (χ1) is 10.8. The van der Waals surface area contributed by atoms with E-state index in [2.05, 4.69) is 10.4 Å². The predicted molar refractivity (Wildman–Crippen MR) is 85.4 cm³/mol. The Hall–Kier alpha value is -2.92. The minimum atomic E-state index is -0.366. The number of benzene rings is 2. The minimum absolute atomic E-state index is 0.366. The highest BCUT2D eigenvalue weighted by molar-refractivity contribution is 6.06. The Bertz CT molecular complexity index is 841. The van der Waals surface area contributed by atoms with Crippen molar-refractivity contribution in [2.75, 3.05) is 7.11 Å². The van der Waals surface area contributed by atoms with Gasteiger partial charge >= 0.3 is 0 Å². The number of ether oxygens (including phenoxy) is 1. The normalized spacial score (nSPS) is 10.5. The molecule has 1 amide bonds. The van der Waals surface area contributed by atoms with Crippen LogP contribution in [0.4, 0.5) is 0 Å². The molecule has 0 saturated carbocycles. The largest absolute Gasteiger partial charge is 0.496 e. The standard InChI is InChI=1S/C17H15N3O2/c1-22-15-8-4-6-13(17(21)20-18)16(15)12-9-10-19-14-7-3-2-5-11(12)14/h2-10H,18H2,1H3,(H,20,21). The average molecular weight is 293 g/mol. The molecular formula is C17H15N3O2. The van der Waals surface area contributed by atoms with Gasteiger partial charge in [-0.1, -0.05) is 24.3 Å². The van der Waals surface area contributed by atoms with Crippen LogP contribution < -0.4 is 16.0 Å². The van der Waals surface area contributed by atoms with Crippen LogP contribution in [0, 0.1) is 0 Å². The summed E-state index contributed by atoms with van der Waals surface area (Å²) in [6.45, 7) is 0. The third kappa shape index (κ3) is 2.27. The lowest BCUT2D eigenvalue weighted by atomic mass is 9.95. The molecule has 5 nitrogen and oxygen atoms in total. The highest BCUT2D eigenvalue weighted by Crippen LogP contribution is 2.37. The molecule has 3 N–H and O–H groups in total. The number of rotatable bonds is 3. The molecule has 0 fully saturated rings. The van der Waals surface area contributed by atoms with Gasteiger partial charge in [0.15, 0.2) is 0 Å².